The SMILES string of the molecule is O=S(=O)(Cl)c1ccc(-c2cnc(C3CC3)s2)cc1. The topological polar surface area (TPSA) is 47.0 Å². The number of benzene rings is 1. The van der Waals surface area contributed by atoms with Gasteiger partial charge in [0.2, 0.25) is 0 Å². The van der Waals surface area contributed by atoms with Gasteiger partial charge in [-0.2, -0.15) is 0 Å². The zero-order chi connectivity index (χ0) is 12.8. The molecular formula is C12H10ClNO2S2. The number of rotatable bonds is 3. The van der Waals surface area contributed by atoms with Crippen molar-refractivity contribution in [2.45, 2.75) is 23.7 Å². The summed E-state index contributed by atoms with van der Waals surface area (Å²) in [5, 5.41) is 1.18. The van der Waals surface area contributed by atoms with E-state index >= 15 is 0 Å². The van der Waals surface area contributed by atoms with E-state index in [2.05, 4.69) is 4.98 Å². The van der Waals surface area contributed by atoms with Gasteiger partial charge in [-0.3, -0.25) is 0 Å². The molecule has 3 nitrogen and oxygen atoms in total. The summed E-state index contributed by atoms with van der Waals surface area (Å²) in [6, 6.07) is 6.57. The normalized spacial score (nSPS) is 15.8. The summed E-state index contributed by atoms with van der Waals surface area (Å²) in [6.07, 6.45) is 4.31. The fourth-order valence-electron chi connectivity index (χ4n) is 1.72. The maximum Gasteiger partial charge on any atom is 0.261 e. The summed E-state index contributed by atoms with van der Waals surface area (Å²) in [7, 11) is 1.63. The number of nitrogens with zero attached hydrogens (tertiary/aromatic N) is 1. The minimum atomic E-state index is -3.64. The lowest BCUT2D eigenvalue weighted by Crippen LogP contribution is -1.89. The van der Waals surface area contributed by atoms with Crippen LogP contribution in [0.2, 0.25) is 0 Å². The minimum Gasteiger partial charge on any atom is -0.249 e. The first-order valence-corrected chi connectivity index (χ1v) is 8.67. The summed E-state index contributed by atoms with van der Waals surface area (Å²) in [5.74, 6) is 0.645. The van der Waals surface area contributed by atoms with E-state index < -0.39 is 9.05 Å². The average Bonchev–Trinajstić information content (AvgIpc) is 3.06. The molecule has 0 saturated heterocycles. The molecule has 0 N–H and O–H groups in total. The first-order valence-electron chi connectivity index (χ1n) is 5.55. The zero-order valence-electron chi connectivity index (χ0n) is 9.34. The Morgan fingerprint density at radius 2 is 1.89 bits per heavy atom. The Bertz CT molecular complexity index is 672. The Morgan fingerprint density at radius 3 is 2.44 bits per heavy atom. The second kappa shape index (κ2) is 4.33. The van der Waals surface area contributed by atoms with E-state index in [9.17, 15) is 8.42 Å². The number of hydrogen-bond acceptors (Lipinski definition) is 4. The molecule has 1 aliphatic rings. The van der Waals surface area contributed by atoms with Crippen molar-refractivity contribution in [1.82, 2.24) is 4.98 Å². The van der Waals surface area contributed by atoms with Gasteiger partial charge >= 0.3 is 0 Å². The van der Waals surface area contributed by atoms with Crippen LogP contribution in [0.3, 0.4) is 0 Å². The van der Waals surface area contributed by atoms with Crippen molar-refractivity contribution in [3.63, 3.8) is 0 Å². The van der Waals surface area contributed by atoms with E-state index in [1.165, 1.54) is 30.0 Å². The second-order valence-corrected chi connectivity index (χ2v) is 7.93. The minimum absolute atomic E-state index is 0.125. The van der Waals surface area contributed by atoms with E-state index in [4.69, 9.17) is 10.7 Å². The Hall–Kier alpha value is -0.910. The van der Waals surface area contributed by atoms with Crippen molar-refractivity contribution in [1.29, 1.82) is 0 Å². The van der Waals surface area contributed by atoms with Crippen molar-refractivity contribution >= 4 is 31.1 Å². The van der Waals surface area contributed by atoms with Gasteiger partial charge in [0.1, 0.15) is 0 Å². The van der Waals surface area contributed by atoms with Crippen LogP contribution in [0.1, 0.15) is 23.8 Å². The molecule has 0 atom stereocenters. The van der Waals surface area contributed by atoms with Crippen LogP contribution < -0.4 is 0 Å². The first kappa shape index (κ1) is 12.1. The molecule has 18 heavy (non-hydrogen) atoms. The zero-order valence-corrected chi connectivity index (χ0v) is 11.7. The van der Waals surface area contributed by atoms with Crippen LogP contribution in [0, 0.1) is 0 Å². The lowest BCUT2D eigenvalue weighted by molar-refractivity contribution is 0.609. The van der Waals surface area contributed by atoms with Gasteiger partial charge in [-0.15, -0.1) is 11.3 Å². The predicted molar refractivity (Wildman–Crippen MR) is 72.6 cm³/mol. The summed E-state index contributed by atoms with van der Waals surface area (Å²) >= 11 is 1.68. The van der Waals surface area contributed by atoms with Crippen LogP contribution in [-0.2, 0) is 9.05 Å². The van der Waals surface area contributed by atoms with Crippen LogP contribution in [0.5, 0.6) is 0 Å². The van der Waals surface area contributed by atoms with Gasteiger partial charge in [-0.1, -0.05) is 12.1 Å². The first-order chi connectivity index (χ1) is 8.54. The molecule has 0 unspecified atom stereocenters. The predicted octanol–water partition coefficient (Wildman–Crippen LogP) is 3.62. The molecule has 0 amide bonds. The number of thiazole rings is 1. The van der Waals surface area contributed by atoms with Gasteiger partial charge in [0.15, 0.2) is 0 Å². The van der Waals surface area contributed by atoms with E-state index in [0.29, 0.717) is 5.92 Å². The van der Waals surface area contributed by atoms with E-state index in [1.807, 2.05) is 6.20 Å². The smallest absolute Gasteiger partial charge is 0.249 e. The molecule has 6 heteroatoms. The van der Waals surface area contributed by atoms with E-state index in [1.54, 1.807) is 23.5 Å². The number of hydrogen-bond donors (Lipinski definition) is 0. The number of halogens is 1. The molecule has 1 aromatic carbocycles. The van der Waals surface area contributed by atoms with E-state index in [0.717, 1.165) is 10.4 Å². The fraction of sp³-hybridized carbons (Fsp3) is 0.250. The van der Waals surface area contributed by atoms with Crippen molar-refractivity contribution in [3.05, 3.63) is 35.5 Å². The number of aromatic nitrogens is 1. The molecule has 94 valence electrons. The quantitative estimate of drug-likeness (QED) is 0.813. The second-order valence-electron chi connectivity index (χ2n) is 4.30. The molecule has 1 fully saturated rings. The fourth-order valence-corrected chi connectivity index (χ4v) is 3.58. The molecular weight excluding hydrogens is 290 g/mol. The molecule has 1 saturated carbocycles. The highest BCUT2D eigenvalue weighted by atomic mass is 35.7. The van der Waals surface area contributed by atoms with Gasteiger partial charge in [0.25, 0.3) is 9.05 Å². The van der Waals surface area contributed by atoms with Crippen LogP contribution in [0.25, 0.3) is 10.4 Å². The van der Waals surface area contributed by atoms with Crippen molar-refractivity contribution < 1.29 is 8.42 Å². The summed E-state index contributed by atoms with van der Waals surface area (Å²) in [4.78, 5) is 5.59. The van der Waals surface area contributed by atoms with Crippen LogP contribution in [0.4, 0.5) is 0 Å². The summed E-state index contributed by atoms with van der Waals surface area (Å²) in [5.41, 5.74) is 0.975. The van der Waals surface area contributed by atoms with Gasteiger partial charge in [0, 0.05) is 22.8 Å². The molecule has 1 aliphatic carbocycles. The third kappa shape index (κ3) is 2.43. The maximum absolute atomic E-state index is 11.1. The largest absolute Gasteiger partial charge is 0.261 e. The molecule has 3 rings (SSSR count). The Labute approximate surface area is 114 Å². The highest BCUT2D eigenvalue weighted by Gasteiger charge is 2.26. The van der Waals surface area contributed by atoms with Crippen molar-refractivity contribution in [3.8, 4) is 10.4 Å². The highest BCUT2D eigenvalue weighted by molar-refractivity contribution is 8.13. The van der Waals surface area contributed by atoms with Gasteiger partial charge in [-0.25, -0.2) is 13.4 Å². The van der Waals surface area contributed by atoms with Crippen LogP contribution in [-0.4, -0.2) is 13.4 Å². The molecule has 0 aliphatic heterocycles. The lowest BCUT2D eigenvalue weighted by Gasteiger charge is -1.98. The highest BCUT2D eigenvalue weighted by Crippen LogP contribution is 2.43. The van der Waals surface area contributed by atoms with Gasteiger partial charge in [0.05, 0.1) is 14.8 Å². The molecule has 2 aromatic rings. The molecule has 0 spiro atoms. The average molecular weight is 300 g/mol. The Balaban J connectivity index is 1.91. The summed E-state index contributed by atoms with van der Waals surface area (Å²) < 4.78 is 22.3. The van der Waals surface area contributed by atoms with Crippen LogP contribution >= 0.6 is 22.0 Å². The molecule has 1 heterocycles. The van der Waals surface area contributed by atoms with Crippen LogP contribution in [0.15, 0.2) is 35.4 Å². The molecule has 0 bridgehead atoms. The summed E-state index contributed by atoms with van der Waals surface area (Å²) in [6.45, 7) is 0. The molecule has 0 radical (unpaired) electrons. The lowest BCUT2D eigenvalue weighted by atomic mass is 10.2. The Kier molecular flexibility index (Phi) is 2.92. The maximum atomic E-state index is 11.1. The third-order valence-corrected chi connectivity index (χ3v) is 5.45. The van der Waals surface area contributed by atoms with Crippen molar-refractivity contribution in [2.75, 3.05) is 0 Å². The van der Waals surface area contributed by atoms with Crippen molar-refractivity contribution in [2.24, 2.45) is 0 Å². The van der Waals surface area contributed by atoms with Gasteiger partial charge < -0.3 is 0 Å². The van der Waals surface area contributed by atoms with E-state index in [-0.39, 0.29) is 4.90 Å². The standard InChI is InChI=1S/C12H10ClNO2S2/c13-18(15,16)10-5-3-8(4-6-10)11-7-14-12(17-11)9-1-2-9/h3-7,9H,1-2H2. The third-order valence-electron chi connectivity index (χ3n) is 2.87. The monoisotopic (exact) mass is 299 g/mol. The Morgan fingerprint density at radius 1 is 1.22 bits per heavy atom. The van der Waals surface area contributed by atoms with Gasteiger partial charge in [-0.05, 0) is 30.5 Å². The molecule has 1 aromatic heterocycles.